The molecule has 0 aliphatic heterocycles. The van der Waals surface area contributed by atoms with Gasteiger partial charge in [0.05, 0.1) is 5.56 Å². The Labute approximate surface area is 99.8 Å². The lowest BCUT2D eigenvalue weighted by Gasteiger charge is -2.11. The van der Waals surface area contributed by atoms with Crippen molar-refractivity contribution in [3.63, 3.8) is 0 Å². The fraction of sp³-hybridized carbons (Fsp3) is 0.231. The molecule has 1 atom stereocenters. The zero-order valence-electron chi connectivity index (χ0n) is 9.59. The first-order chi connectivity index (χ1) is 8.15. The van der Waals surface area contributed by atoms with Crippen LogP contribution in [0.1, 0.15) is 17.3 Å². The van der Waals surface area contributed by atoms with E-state index in [1.54, 1.807) is 30.3 Å². The van der Waals surface area contributed by atoms with E-state index in [2.05, 4.69) is 6.58 Å². The van der Waals surface area contributed by atoms with Crippen molar-refractivity contribution in [1.29, 1.82) is 0 Å². The van der Waals surface area contributed by atoms with E-state index in [0.717, 1.165) is 0 Å². The summed E-state index contributed by atoms with van der Waals surface area (Å²) in [4.78, 5) is 22.9. The molecule has 0 N–H and O–H groups in total. The fourth-order valence-corrected chi connectivity index (χ4v) is 1.11. The molecule has 1 unspecified atom stereocenters. The molecular formula is C13H14O4. The van der Waals surface area contributed by atoms with Crippen LogP contribution in [0.2, 0.25) is 0 Å². The summed E-state index contributed by atoms with van der Waals surface area (Å²) in [6, 6.07) is 8.46. The molecule has 0 aromatic heterocycles. The smallest absolute Gasteiger partial charge is 0.347 e. The Bertz CT molecular complexity index is 397. The van der Waals surface area contributed by atoms with Crippen molar-refractivity contribution in [3.05, 3.63) is 48.6 Å². The van der Waals surface area contributed by atoms with Crippen molar-refractivity contribution < 1.29 is 19.1 Å². The first kappa shape index (κ1) is 13.0. The molecule has 0 spiro atoms. The van der Waals surface area contributed by atoms with E-state index < -0.39 is 18.0 Å². The lowest BCUT2D eigenvalue weighted by molar-refractivity contribution is -0.151. The molecule has 0 saturated carbocycles. The molecule has 4 nitrogen and oxygen atoms in total. The highest BCUT2D eigenvalue weighted by atomic mass is 16.6. The Morgan fingerprint density at radius 1 is 1.35 bits per heavy atom. The van der Waals surface area contributed by atoms with Crippen molar-refractivity contribution in [2.24, 2.45) is 0 Å². The van der Waals surface area contributed by atoms with Crippen LogP contribution in [-0.2, 0) is 14.3 Å². The van der Waals surface area contributed by atoms with Crippen LogP contribution < -0.4 is 0 Å². The van der Waals surface area contributed by atoms with Gasteiger partial charge in [-0.25, -0.2) is 9.59 Å². The van der Waals surface area contributed by atoms with Crippen molar-refractivity contribution in [2.45, 2.75) is 13.0 Å². The van der Waals surface area contributed by atoms with Crippen molar-refractivity contribution in [1.82, 2.24) is 0 Å². The van der Waals surface area contributed by atoms with E-state index >= 15 is 0 Å². The molecule has 0 aliphatic rings. The Kier molecular flexibility index (Phi) is 4.94. The Morgan fingerprint density at radius 2 is 2.00 bits per heavy atom. The second-order valence-corrected chi connectivity index (χ2v) is 3.33. The van der Waals surface area contributed by atoms with E-state index in [-0.39, 0.29) is 6.61 Å². The summed E-state index contributed by atoms with van der Waals surface area (Å²) in [5, 5.41) is 0. The first-order valence-corrected chi connectivity index (χ1v) is 5.18. The minimum Gasteiger partial charge on any atom is -0.459 e. The van der Waals surface area contributed by atoms with Crippen molar-refractivity contribution >= 4 is 11.9 Å². The summed E-state index contributed by atoms with van der Waals surface area (Å²) in [7, 11) is 0. The number of esters is 2. The molecule has 1 rings (SSSR count). The number of benzene rings is 1. The molecule has 0 bridgehead atoms. The molecule has 4 heteroatoms. The third kappa shape index (κ3) is 4.10. The van der Waals surface area contributed by atoms with E-state index in [1.165, 1.54) is 13.0 Å². The summed E-state index contributed by atoms with van der Waals surface area (Å²) in [5.41, 5.74) is 0.399. The molecule has 1 aromatic carbocycles. The normalized spacial score (nSPS) is 11.4. The maximum Gasteiger partial charge on any atom is 0.347 e. The second kappa shape index (κ2) is 6.48. The predicted molar refractivity (Wildman–Crippen MR) is 62.5 cm³/mol. The third-order valence-electron chi connectivity index (χ3n) is 1.97. The Balaban J connectivity index is 2.51. The lowest BCUT2D eigenvalue weighted by atomic mass is 10.2. The van der Waals surface area contributed by atoms with Crippen LogP contribution in [0.4, 0.5) is 0 Å². The second-order valence-electron chi connectivity index (χ2n) is 3.33. The van der Waals surface area contributed by atoms with Crippen LogP contribution in [0.25, 0.3) is 0 Å². The first-order valence-electron chi connectivity index (χ1n) is 5.18. The van der Waals surface area contributed by atoms with E-state index in [0.29, 0.717) is 5.56 Å². The zero-order chi connectivity index (χ0) is 12.7. The summed E-state index contributed by atoms with van der Waals surface area (Å²) in [6.07, 6.45) is 0.520. The highest BCUT2D eigenvalue weighted by molar-refractivity contribution is 5.91. The van der Waals surface area contributed by atoms with Gasteiger partial charge in [-0.1, -0.05) is 30.9 Å². The predicted octanol–water partition coefficient (Wildman–Crippen LogP) is 1.96. The molecule has 17 heavy (non-hydrogen) atoms. The molecule has 90 valence electrons. The topological polar surface area (TPSA) is 52.6 Å². The quantitative estimate of drug-likeness (QED) is 0.577. The van der Waals surface area contributed by atoms with E-state index in [1.807, 2.05) is 0 Å². The van der Waals surface area contributed by atoms with Gasteiger partial charge < -0.3 is 9.47 Å². The molecule has 0 aliphatic carbocycles. The van der Waals surface area contributed by atoms with Crippen molar-refractivity contribution in [3.8, 4) is 0 Å². The number of hydrogen-bond donors (Lipinski definition) is 0. The maximum absolute atomic E-state index is 11.6. The van der Waals surface area contributed by atoms with Gasteiger partial charge in [-0.05, 0) is 19.1 Å². The van der Waals surface area contributed by atoms with Crippen LogP contribution in [0, 0.1) is 0 Å². The van der Waals surface area contributed by atoms with Crippen LogP contribution in [0.15, 0.2) is 43.0 Å². The maximum atomic E-state index is 11.6. The molecule has 0 radical (unpaired) electrons. The number of rotatable bonds is 5. The monoisotopic (exact) mass is 234 g/mol. The summed E-state index contributed by atoms with van der Waals surface area (Å²) in [6.45, 7) is 4.98. The molecule has 1 aromatic rings. The number of ether oxygens (including phenoxy) is 2. The van der Waals surface area contributed by atoms with E-state index in [4.69, 9.17) is 9.47 Å². The van der Waals surface area contributed by atoms with Crippen LogP contribution >= 0.6 is 0 Å². The molecule has 0 fully saturated rings. The molecule has 0 heterocycles. The van der Waals surface area contributed by atoms with Crippen LogP contribution in [0.3, 0.4) is 0 Å². The Hall–Kier alpha value is -2.10. The summed E-state index contributed by atoms with van der Waals surface area (Å²) in [5.74, 6) is -1.14. The highest BCUT2D eigenvalue weighted by Gasteiger charge is 2.19. The van der Waals surface area contributed by atoms with Gasteiger partial charge in [-0.2, -0.15) is 0 Å². The van der Waals surface area contributed by atoms with Gasteiger partial charge in [0.1, 0.15) is 6.61 Å². The number of carbonyl (C=O) groups excluding carboxylic acids is 2. The molecule has 0 amide bonds. The largest absolute Gasteiger partial charge is 0.459 e. The zero-order valence-corrected chi connectivity index (χ0v) is 9.59. The standard InChI is InChI=1S/C13H14O4/c1-3-9-16-12(14)10(2)17-13(15)11-7-5-4-6-8-11/h3-8,10H,1,9H2,2H3. The number of hydrogen-bond acceptors (Lipinski definition) is 4. The Morgan fingerprint density at radius 3 is 2.59 bits per heavy atom. The molecular weight excluding hydrogens is 220 g/mol. The SMILES string of the molecule is C=CCOC(=O)C(C)OC(=O)c1ccccc1. The van der Waals surface area contributed by atoms with Gasteiger partial charge in [-0.3, -0.25) is 0 Å². The third-order valence-corrected chi connectivity index (χ3v) is 1.97. The van der Waals surface area contributed by atoms with Gasteiger partial charge in [0.15, 0.2) is 6.10 Å². The van der Waals surface area contributed by atoms with Crippen molar-refractivity contribution in [2.75, 3.05) is 6.61 Å². The lowest BCUT2D eigenvalue weighted by Crippen LogP contribution is -2.26. The minimum absolute atomic E-state index is 0.103. The summed E-state index contributed by atoms with van der Waals surface area (Å²) >= 11 is 0. The van der Waals surface area contributed by atoms with Crippen LogP contribution in [0.5, 0.6) is 0 Å². The van der Waals surface area contributed by atoms with Gasteiger partial charge in [0.25, 0.3) is 0 Å². The van der Waals surface area contributed by atoms with Gasteiger partial charge in [0.2, 0.25) is 0 Å². The number of carbonyl (C=O) groups is 2. The average molecular weight is 234 g/mol. The average Bonchev–Trinajstić information content (AvgIpc) is 2.36. The van der Waals surface area contributed by atoms with Gasteiger partial charge >= 0.3 is 11.9 Å². The minimum atomic E-state index is -0.928. The fourth-order valence-electron chi connectivity index (χ4n) is 1.11. The summed E-state index contributed by atoms with van der Waals surface area (Å²) < 4.78 is 9.70. The van der Waals surface area contributed by atoms with Gasteiger partial charge in [-0.15, -0.1) is 0 Å². The van der Waals surface area contributed by atoms with E-state index in [9.17, 15) is 9.59 Å². The molecule has 0 saturated heterocycles. The highest BCUT2D eigenvalue weighted by Crippen LogP contribution is 2.04. The van der Waals surface area contributed by atoms with Gasteiger partial charge in [0, 0.05) is 0 Å². The van der Waals surface area contributed by atoms with Crippen LogP contribution in [-0.4, -0.2) is 24.6 Å².